The Morgan fingerprint density at radius 3 is 2.79 bits per heavy atom. The van der Waals surface area contributed by atoms with Crippen molar-refractivity contribution >= 4 is 22.6 Å². The van der Waals surface area contributed by atoms with E-state index in [0.29, 0.717) is 42.0 Å². The number of nitrogens with one attached hydrogen (secondary N) is 1. The minimum absolute atomic E-state index is 0.261. The van der Waals surface area contributed by atoms with E-state index in [0.717, 1.165) is 5.39 Å². The van der Waals surface area contributed by atoms with Crippen molar-refractivity contribution in [2.75, 3.05) is 13.2 Å². The van der Waals surface area contributed by atoms with Crippen LogP contribution in [-0.4, -0.2) is 42.2 Å². The first-order valence-electron chi connectivity index (χ1n) is 9.38. The van der Waals surface area contributed by atoms with E-state index >= 15 is 0 Å². The molecular weight excluding hydrogens is 365 g/mol. The van der Waals surface area contributed by atoms with Crippen LogP contribution in [0, 0.1) is 5.92 Å². The second kappa shape index (κ2) is 8.41. The quantitative estimate of drug-likeness (QED) is 0.721. The van der Waals surface area contributed by atoms with Gasteiger partial charge in [0.2, 0.25) is 5.88 Å². The molecule has 0 bridgehead atoms. The minimum Gasteiger partial charge on any atom is -0.493 e. The number of benzene rings is 1. The standard InChI is InChI=1S/C20H24FN3O4/c1-3-12-15(24-19(26)17(12)21)6-8-28-20-13-10-16(27-4-2)14(18(22)25)9-11(13)5-7-23-20/h5,7,9-10,12,15,17H,3-4,6,8H2,1-2H3,(H2,22,25)(H,24,26)/t12-,15+,17-/m0/s1. The summed E-state index contributed by atoms with van der Waals surface area (Å²) in [7, 11) is 0. The predicted octanol–water partition coefficient (Wildman–Crippen LogP) is 2.36. The van der Waals surface area contributed by atoms with Gasteiger partial charge in [0, 0.05) is 30.0 Å². The summed E-state index contributed by atoms with van der Waals surface area (Å²) in [4.78, 5) is 27.5. The number of amides is 2. The monoisotopic (exact) mass is 389 g/mol. The lowest BCUT2D eigenvalue weighted by Crippen LogP contribution is -2.30. The van der Waals surface area contributed by atoms with Gasteiger partial charge in [-0.25, -0.2) is 9.37 Å². The number of nitrogens with zero attached hydrogens (tertiary/aromatic N) is 1. The smallest absolute Gasteiger partial charge is 0.255 e. The number of fused-ring (bicyclic) bond motifs is 1. The number of halogens is 1. The largest absolute Gasteiger partial charge is 0.493 e. The second-order valence-electron chi connectivity index (χ2n) is 6.71. The molecule has 1 fully saturated rings. The second-order valence-corrected chi connectivity index (χ2v) is 6.71. The molecule has 150 valence electrons. The Labute approximate surface area is 162 Å². The fourth-order valence-electron chi connectivity index (χ4n) is 3.59. The summed E-state index contributed by atoms with van der Waals surface area (Å²) in [6.45, 7) is 4.32. The number of hydrogen-bond donors (Lipinski definition) is 2. The molecule has 3 atom stereocenters. The zero-order valence-electron chi connectivity index (χ0n) is 15.9. The number of primary amides is 1. The Morgan fingerprint density at radius 1 is 1.32 bits per heavy atom. The summed E-state index contributed by atoms with van der Waals surface area (Å²) < 4.78 is 25.2. The Hall–Kier alpha value is -2.90. The highest BCUT2D eigenvalue weighted by Gasteiger charge is 2.41. The van der Waals surface area contributed by atoms with Crippen LogP contribution in [0.3, 0.4) is 0 Å². The number of carbonyl (C=O) groups excluding carboxylic acids is 2. The summed E-state index contributed by atoms with van der Waals surface area (Å²) in [6.07, 6.45) is 1.16. The van der Waals surface area contributed by atoms with Gasteiger partial charge in [0.15, 0.2) is 6.17 Å². The van der Waals surface area contributed by atoms with E-state index in [4.69, 9.17) is 15.2 Å². The van der Waals surface area contributed by atoms with Crippen molar-refractivity contribution in [1.29, 1.82) is 0 Å². The molecule has 3 N–H and O–H groups in total. The molecule has 1 aromatic heterocycles. The number of nitrogens with two attached hydrogens (primary N) is 1. The van der Waals surface area contributed by atoms with E-state index in [9.17, 15) is 14.0 Å². The van der Waals surface area contributed by atoms with E-state index in [1.165, 1.54) is 0 Å². The van der Waals surface area contributed by atoms with E-state index in [1.807, 2.05) is 13.8 Å². The number of ether oxygens (including phenoxy) is 2. The Morgan fingerprint density at radius 2 is 2.11 bits per heavy atom. The minimum atomic E-state index is -1.47. The normalized spacial score (nSPS) is 21.5. The van der Waals surface area contributed by atoms with Gasteiger partial charge in [0.25, 0.3) is 11.8 Å². The van der Waals surface area contributed by atoms with Crippen molar-refractivity contribution < 1.29 is 23.5 Å². The third kappa shape index (κ3) is 3.85. The molecule has 1 aromatic carbocycles. The van der Waals surface area contributed by atoms with Gasteiger partial charge in [-0.2, -0.15) is 0 Å². The van der Waals surface area contributed by atoms with Crippen LogP contribution in [0.5, 0.6) is 11.6 Å². The van der Waals surface area contributed by atoms with Crippen molar-refractivity contribution in [3.8, 4) is 11.6 Å². The van der Waals surface area contributed by atoms with E-state index in [1.54, 1.807) is 24.4 Å². The fraction of sp³-hybridized carbons (Fsp3) is 0.450. The molecule has 0 spiro atoms. The average molecular weight is 389 g/mol. The van der Waals surface area contributed by atoms with E-state index in [2.05, 4.69) is 10.3 Å². The van der Waals surface area contributed by atoms with Gasteiger partial charge in [0.05, 0.1) is 18.8 Å². The number of hydrogen-bond acceptors (Lipinski definition) is 5. The number of carbonyl (C=O) groups is 2. The molecule has 1 saturated heterocycles. The molecule has 28 heavy (non-hydrogen) atoms. The Kier molecular flexibility index (Phi) is 5.96. The topological polar surface area (TPSA) is 104 Å². The van der Waals surface area contributed by atoms with Crippen molar-refractivity contribution in [2.45, 2.75) is 38.9 Å². The summed E-state index contributed by atoms with van der Waals surface area (Å²) in [6, 6.07) is 4.82. The predicted molar refractivity (Wildman–Crippen MR) is 102 cm³/mol. The van der Waals surface area contributed by atoms with Crippen LogP contribution >= 0.6 is 0 Å². The van der Waals surface area contributed by atoms with Crippen LogP contribution in [0.4, 0.5) is 4.39 Å². The third-order valence-corrected chi connectivity index (χ3v) is 5.00. The molecule has 0 radical (unpaired) electrons. The highest BCUT2D eigenvalue weighted by Crippen LogP contribution is 2.31. The summed E-state index contributed by atoms with van der Waals surface area (Å²) in [5.74, 6) is -0.730. The lowest BCUT2D eigenvalue weighted by atomic mass is 9.94. The molecule has 0 saturated carbocycles. The highest BCUT2D eigenvalue weighted by atomic mass is 19.1. The molecule has 2 amide bonds. The zero-order chi connectivity index (χ0) is 20.3. The van der Waals surface area contributed by atoms with Crippen molar-refractivity contribution in [3.05, 3.63) is 30.0 Å². The SMILES string of the molecule is CCOc1cc2c(OCC[C@H]3NC(=O)[C@@H](F)[C@H]3CC)nccc2cc1C(N)=O. The third-order valence-electron chi connectivity index (χ3n) is 5.00. The van der Waals surface area contributed by atoms with Gasteiger partial charge >= 0.3 is 0 Å². The van der Waals surface area contributed by atoms with Crippen LogP contribution < -0.4 is 20.5 Å². The van der Waals surface area contributed by atoms with Crippen LogP contribution in [-0.2, 0) is 4.79 Å². The first kappa shape index (κ1) is 19.9. The average Bonchev–Trinajstić information content (AvgIpc) is 2.94. The summed E-state index contributed by atoms with van der Waals surface area (Å²) in [5, 5.41) is 4.11. The van der Waals surface area contributed by atoms with E-state index < -0.39 is 18.0 Å². The molecule has 0 unspecified atom stereocenters. The molecule has 1 aliphatic rings. The van der Waals surface area contributed by atoms with Crippen LogP contribution in [0.1, 0.15) is 37.0 Å². The van der Waals surface area contributed by atoms with Gasteiger partial charge in [-0.05, 0) is 36.9 Å². The van der Waals surface area contributed by atoms with Crippen LogP contribution in [0.25, 0.3) is 10.8 Å². The lowest BCUT2D eigenvalue weighted by Gasteiger charge is -2.18. The first-order chi connectivity index (χ1) is 13.5. The number of rotatable bonds is 8. The molecule has 1 aliphatic heterocycles. The molecule has 3 rings (SSSR count). The molecule has 2 heterocycles. The molecule has 7 nitrogen and oxygen atoms in total. The maximum Gasteiger partial charge on any atom is 0.255 e. The number of pyridine rings is 1. The molecule has 2 aromatic rings. The number of aromatic nitrogens is 1. The van der Waals surface area contributed by atoms with Gasteiger partial charge in [-0.1, -0.05) is 6.92 Å². The van der Waals surface area contributed by atoms with Crippen molar-refractivity contribution in [3.63, 3.8) is 0 Å². The number of alkyl halides is 1. The summed E-state index contributed by atoms with van der Waals surface area (Å²) in [5.41, 5.74) is 5.73. The van der Waals surface area contributed by atoms with Gasteiger partial charge in [0.1, 0.15) is 5.75 Å². The van der Waals surface area contributed by atoms with Gasteiger partial charge < -0.3 is 20.5 Å². The highest BCUT2D eigenvalue weighted by molar-refractivity contribution is 6.01. The summed E-state index contributed by atoms with van der Waals surface area (Å²) >= 11 is 0. The van der Waals surface area contributed by atoms with Gasteiger partial charge in [-0.3, -0.25) is 9.59 Å². The zero-order valence-corrected chi connectivity index (χ0v) is 15.9. The lowest BCUT2D eigenvalue weighted by molar-refractivity contribution is -0.123. The Balaban J connectivity index is 1.79. The molecule has 8 heteroatoms. The van der Waals surface area contributed by atoms with Crippen molar-refractivity contribution in [1.82, 2.24) is 10.3 Å². The molecular formula is C20H24FN3O4. The Bertz CT molecular complexity index is 889. The maximum absolute atomic E-state index is 13.9. The van der Waals surface area contributed by atoms with Gasteiger partial charge in [-0.15, -0.1) is 0 Å². The molecule has 0 aliphatic carbocycles. The van der Waals surface area contributed by atoms with Crippen molar-refractivity contribution in [2.24, 2.45) is 11.7 Å². The van der Waals surface area contributed by atoms with Crippen LogP contribution in [0.15, 0.2) is 24.4 Å². The first-order valence-corrected chi connectivity index (χ1v) is 9.38. The maximum atomic E-state index is 13.9. The van der Waals surface area contributed by atoms with Crippen LogP contribution in [0.2, 0.25) is 0 Å². The fourth-order valence-corrected chi connectivity index (χ4v) is 3.59. The van der Waals surface area contributed by atoms with E-state index in [-0.39, 0.29) is 18.6 Å².